The molecular formula is C5H11ClN2OS. The minimum atomic E-state index is -0.213. The standard InChI is InChI=1S/C5H10N2OS.ClH/c6-5(8)1-4-2-9-3-7-4;/h4,7H,1-3H2,(H2,6,8);1H/t4-;/m1./s1. The van der Waals surface area contributed by atoms with Crippen LogP contribution in [0.25, 0.3) is 0 Å². The molecule has 0 saturated carbocycles. The third-order valence-electron chi connectivity index (χ3n) is 1.24. The number of nitrogens with two attached hydrogens (primary N) is 1. The van der Waals surface area contributed by atoms with E-state index >= 15 is 0 Å². The van der Waals surface area contributed by atoms with Gasteiger partial charge in [-0.3, -0.25) is 4.79 Å². The van der Waals surface area contributed by atoms with E-state index in [1.54, 1.807) is 11.8 Å². The van der Waals surface area contributed by atoms with Crippen molar-refractivity contribution in [3.63, 3.8) is 0 Å². The summed E-state index contributed by atoms with van der Waals surface area (Å²) >= 11 is 1.81. The first-order valence-corrected chi connectivity index (χ1v) is 4.04. The van der Waals surface area contributed by atoms with Crippen LogP contribution in [0.5, 0.6) is 0 Å². The summed E-state index contributed by atoms with van der Waals surface area (Å²) in [6, 6.07) is 0.326. The van der Waals surface area contributed by atoms with Gasteiger partial charge < -0.3 is 11.1 Å². The highest BCUT2D eigenvalue weighted by Gasteiger charge is 2.15. The average Bonchev–Trinajstić information content (AvgIpc) is 2.15. The molecule has 0 aromatic carbocycles. The van der Waals surface area contributed by atoms with Crippen LogP contribution in [0.4, 0.5) is 0 Å². The molecule has 1 fully saturated rings. The fraction of sp³-hybridized carbons (Fsp3) is 0.800. The van der Waals surface area contributed by atoms with E-state index < -0.39 is 0 Å². The number of nitrogens with one attached hydrogen (secondary N) is 1. The van der Waals surface area contributed by atoms with Crippen LogP contribution in [0.3, 0.4) is 0 Å². The number of hydrogen-bond acceptors (Lipinski definition) is 3. The molecule has 10 heavy (non-hydrogen) atoms. The SMILES string of the molecule is Cl.NC(=O)C[C@@H]1CSCN1. The van der Waals surface area contributed by atoms with Crippen molar-refractivity contribution in [3.8, 4) is 0 Å². The Balaban J connectivity index is 0.000000810. The zero-order chi connectivity index (χ0) is 6.69. The lowest BCUT2D eigenvalue weighted by atomic mass is 10.2. The minimum absolute atomic E-state index is 0. The highest BCUT2D eigenvalue weighted by molar-refractivity contribution is 7.99. The fourth-order valence-corrected chi connectivity index (χ4v) is 1.80. The van der Waals surface area contributed by atoms with Gasteiger partial charge in [-0.2, -0.15) is 0 Å². The number of thioether (sulfide) groups is 1. The minimum Gasteiger partial charge on any atom is -0.370 e. The monoisotopic (exact) mass is 182 g/mol. The van der Waals surface area contributed by atoms with Gasteiger partial charge in [0.15, 0.2) is 0 Å². The molecule has 60 valence electrons. The quantitative estimate of drug-likeness (QED) is 0.630. The van der Waals surface area contributed by atoms with Crippen molar-refractivity contribution in [2.24, 2.45) is 5.73 Å². The van der Waals surface area contributed by atoms with Crippen LogP contribution in [-0.4, -0.2) is 23.6 Å². The van der Waals surface area contributed by atoms with Gasteiger partial charge in [0.05, 0.1) is 0 Å². The third kappa shape index (κ3) is 3.29. The average molecular weight is 183 g/mol. The topological polar surface area (TPSA) is 55.1 Å². The van der Waals surface area contributed by atoms with Crippen LogP contribution in [-0.2, 0) is 4.79 Å². The first-order valence-electron chi connectivity index (χ1n) is 2.88. The van der Waals surface area contributed by atoms with Crippen molar-refractivity contribution in [3.05, 3.63) is 0 Å². The van der Waals surface area contributed by atoms with E-state index in [1.165, 1.54) is 0 Å². The fourth-order valence-electron chi connectivity index (χ4n) is 0.811. The van der Waals surface area contributed by atoms with Gasteiger partial charge >= 0.3 is 0 Å². The van der Waals surface area contributed by atoms with Crippen molar-refractivity contribution in [2.45, 2.75) is 12.5 Å². The summed E-state index contributed by atoms with van der Waals surface area (Å²) in [7, 11) is 0. The van der Waals surface area contributed by atoms with Crippen molar-refractivity contribution in [1.29, 1.82) is 0 Å². The van der Waals surface area contributed by atoms with Crippen LogP contribution in [0.15, 0.2) is 0 Å². The van der Waals surface area contributed by atoms with Crippen LogP contribution < -0.4 is 11.1 Å². The van der Waals surface area contributed by atoms with Gasteiger partial charge in [0.2, 0.25) is 5.91 Å². The van der Waals surface area contributed by atoms with Crippen molar-refractivity contribution in [2.75, 3.05) is 11.6 Å². The molecule has 0 aromatic rings. The lowest BCUT2D eigenvalue weighted by molar-refractivity contribution is -0.118. The summed E-state index contributed by atoms with van der Waals surface area (Å²) in [6.07, 6.45) is 0.479. The number of carbonyl (C=O) groups is 1. The van der Waals surface area contributed by atoms with E-state index in [0.717, 1.165) is 11.6 Å². The highest BCUT2D eigenvalue weighted by Crippen LogP contribution is 2.11. The Kier molecular flexibility index (Phi) is 4.85. The molecule has 1 aliphatic heterocycles. The molecule has 0 bridgehead atoms. The normalized spacial score (nSPS) is 23.8. The molecule has 1 atom stereocenters. The number of hydrogen-bond donors (Lipinski definition) is 2. The summed E-state index contributed by atoms with van der Waals surface area (Å²) in [6.45, 7) is 0. The summed E-state index contributed by atoms with van der Waals surface area (Å²) in [4.78, 5) is 10.3. The number of primary amides is 1. The second-order valence-electron chi connectivity index (χ2n) is 2.09. The molecule has 1 amide bonds. The molecule has 0 spiro atoms. The van der Waals surface area contributed by atoms with Gasteiger partial charge in [-0.1, -0.05) is 0 Å². The lowest BCUT2D eigenvalue weighted by Gasteiger charge is -2.03. The summed E-state index contributed by atoms with van der Waals surface area (Å²) < 4.78 is 0. The summed E-state index contributed by atoms with van der Waals surface area (Å²) in [5.74, 6) is 1.76. The maximum atomic E-state index is 10.3. The van der Waals surface area contributed by atoms with Gasteiger partial charge in [0.1, 0.15) is 0 Å². The largest absolute Gasteiger partial charge is 0.370 e. The predicted octanol–water partition coefficient (Wildman–Crippen LogP) is -0.0539. The molecule has 0 aliphatic carbocycles. The maximum absolute atomic E-state index is 10.3. The molecule has 0 aromatic heterocycles. The smallest absolute Gasteiger partial charge is 0.219 e. The van der Waals surface area contributed by atoms with E-state index in [9.17, 15) is 4.79 Å². The molecule has 3 nitrogen and oxygen atoms in total. The molecule has 0 radical (unpaired) electrons. The first-order chi connectivity index (χ1) is 4.29. The number of halogens is 1. The Morgan fingerprint density at radius 1 is 1.80 bits per heavy atom. The van der Waals surface area contributed by atoms with Crippen LogP contribution in [0, 0.1) is 0 Å². The van der Waals surface area contributed by atoms with Crippen LogP contribution in [0.1, 0.15) is 6.42 Å². The maximum Gasteiger partial charge on any atom is 0.219 e. The summed E-state index contributed by atoms with van der Waals surface area (Å²) in [5, 5.41) is 3.15. The second kappa shape index (κ2) is 4.82. The highest BCUT2D eigenvalue weighted by atomic mass is 35.5. The Bertz CT molecular complexity index is 116. The molecule has 5 heteroatoms. The van der Waals surface area contributed by atoms with Crippen molar-refractivity contribution in [1.82, 2.24) is 5.32 Å². The molecule has 1 saturated heterocycles. The number of rotatable bonds is 2. The van der Waals surface area contributed by atoms with Gasteiger partial charge in [-0.15, -0.1) is 24.2 Å². The van der Waals surface area contributed by atoms with Gasteiger partial charge in [0.25, 0.3) is 0 Å². The third-order valence-corrected chi connectivity index (χ3v) is 2.25. The van der Waals surface area contributed by atoms with Gasteiger partial charge in [-0.05, 0) is 0 Å². The zero-order valence-electron chi connectivity index (χ0n) is 5.50. The molecule has 0 unspecified atom stereocenters. The lowest BCUT2D eigenvalue weighted by Crippen LogP contribution is -2.29. The molecule has 1 heterocycles. The molecule has 1 aliphatic rings. The van der Waals surface area contributed by atoms with E-state index in [0.29, 0.717) is 12.5 Å². The predicted molar refractivity (Wildman–Crippen MR) is 45.3 cm³/mol. The number of amides is 1. The van der Waals surface area contributed by atoms with E-state index in [2.05, 4.69) is 5.32 Å². The Morgan fingerprint density at radius 3 is 2.90 bits per heavy atom. The van der Waals surface area contributed by atoms with Crippen molar-refractivity contribution >= 4 is 30.1 Å². The Labute approximate surface area is 70.5 Å². The van der Waals surface area contributed by atoms with Gasteiger partial charge in [-0.25, -0.2) is 0 Å². The van der Waals surface area contributed by atoms with Crippen molar-refractivity contribution < 1.29 is 4.79 Å². The van der Waals surface area contributed by atoms with Gasteiger partial charge in [0, 0.05) is 24.1 Å². The first kappa shape index (κ1) is 10.1. The summed E-state index contributed by atoms with van der Waals surface area (Å²) in [5.41, 5.74) is 4.98. The number of carbonyl (C=O) groups excluding carboxylic acids is 1. The van der Waals surface area contributed by atoms with E-state index in [-0.39, 0.29) is 18.3 Å². The Hall–Kier alpha value is 0.0700. The zero-order valence-corrected chi connectivity index (χ0v) is 7.13. The molecule has 1 rings (SSSR count). The second-order valence-corrected chi connectivity index (χ2v) is 3.12. The Morgan fingerprint density at radius 2 is 2.50 bits per heavy atom. The molecule has 3 N–H and O–H groups in total. The van der Waals surface area contributed by atoms with Crippen LogP contribution >= 0.6 is 24.2 Å². The van der Waals surface area contributed by atoms with E-state index in [4.69, 9.17) is 5.73 Å². The van der Waals surface area contributed by atoms with E-state index in [1.807, 2.05) is 0 Å². The van der Waals surface area contributed by atoms with Crippen LogP contribution in [0.2, 0.25) is 0 Å². The molecular weight excluding hydrogens is 172 g/mol.